The van der Waals surface area contributed by atoms with Gasteiger partial charge in [-0.25, -0.2) is 4.79 Å². The predicted octanol–water partition coefficient (Wildman–Crippen LogP) is 2.70. The number of furan rings is 1. The molecule has 0 fully saturated rings. The third kappa shape index (κ3) is 5.46. The van der Waals surface area contributed by atoms with E-state index in [4.69, 9.17) is 13.9 Å². The number of nitrogens with one attached hydrogen (secondary N) is 1. The molecule has 1 heterocycles. The Kier molecular flexibility index (Phi) is 6.01. The Hall–Kier alpha value is -2.76. The summed E-state index contributed by atoms with van der Waals surface area (Å²) in [6.45, 7) is 5.07. The third-order valence-corrected chi connectivity index (χ3v) is 3.26. The lowest BCUT2D eigenvalue weighted by Gasteiger charge is -2.12. The van der Waals surface area contributed by atoms with Gasteiger partial charge in [-0.05, 0) is 56.2 Å². The number of aryl methyl sites for hydroxylation is 2. The maximum atomic E-state index is 11.7. The van der Waals surface area contributed by atoms with Gasteiger partial charge in [0.1, 0.15) is 11.5 Å². The molecule has 0 saturated heterocycles. The lowest BCUT2D eigenvalue weighted by Crippen LogP contribution is -2.31. The van der Waals surface area contributed by atoms with Crippen molar-refractivity contribution in [3.63, 3.8) is 0 Å². The average Bonchev–Trinajstić information content (AvgIpc) is 3.04. The standard InChI is InChI=1S/C18H21NO5/c1-12-7-13(2)9-15(8-12)23-11-18(21)24-10-17(20)19-14(3)16-5-4-6-22-16/h4-9,14H,10-11H2,1-3H3,(H,19,20)/t14-/m1/s1. The van der Waals surface area contributed by atoms with Gasteiger partial charge in [0.05, 0.1) is 12.3 Å². The summed E-state index contributed by atoms with van der Waals surface area (Å²) < 4.78 is 15.5. The second kappa shape index (κ2) is 8.19. The second-order valence-corrected chi connectivity index (χ2v) is 5.58. The summed E-state index contributed by atoms with van der Waals surface area (Å²) in [6, 6.07) is 8.88. The Labute approximate surface area is 140 Å². The van der Waals surface area contributed by atoms with E-state index in [1.165, 1.54) is 6.26 Å². The number of rotatable bonds is 7. The average molecular weight is 331 g/mol. The van der Waals surface area contributed by atoms with Crippen molar-refractivity contribution < 1.29 is 23.5 Å². The number of carbonyl (C=O) groups excluding carboxylic acids is 2. The van der Waals surface area contributed by atoms with Crippen molar-refractivity contribution >= 4 is 11.9 Å². The van der Waals surface area contributed by atoms with E-state index < -0.39 is 11.9 Å². The van der Waals surface area contributed by atoms with E-state index in [2.05, 4.69) is 5.32 Å². The minimum absolute atomic E-state index is 0.246. The lowest BCUT2D eigenvalue weighted by molar-refractivity contribution is -0.150. The van der Waals surface area contributed by atoms with E-state index in [0.29, 0.717) is 11.5 Å². The van der Waals surface area contributed by atoms with Crippen LogP contribution in [0, 0.1) is 13.8 Å². The predicted molar refractivity (Wildman–Crippen MR) is 87.6 cm³/mol. The fraction of sp³-hybridized carbons (Fsp3) is 0.333. The molecule has 2 aromatic rings. The highest BCUT2D eigenvalue weighted by Crippen LogP contribution is 2.16. The Bertz CT molecular complexity index is 673. The topological polar surface area (TPSA) is 77.8 Å². The number of esters is 1. The van der Waals surface area contributed by atoms with Crippen LogP contribution < -0.4 is 10.1 Å². The van der Waals surface area contributed by atoms with Gasteiger partial charge < -0.3 is 19.2 Å². The molecule has 0 spiro atoms. The smallest absolute Gasteiger partial charge is 0.344 e. The van der Waals surface area contributed by atoms with Gasteiger partial charge in [-0.15, -0.1) is 0 Å². The van der Waals surface area contributed by atoms with Crippen LogP contribution in [0.25, 0.3) is 0 Å². The van der Waals surface area contributed by atoms with E-state index in [0.717, 1.165) is 11.1 Å². The summed E-state index contributed by atoms with van der Waals surface area (Å²) in [4.78, 5) is 23.4. The lowest BCUT2D eigenvalue weighted by atomic mass is 10.1. The number of carbonyl (C=O) groups is 2. The van der Waals surface area contributed by atoms with Gasteiger partial charge in [0.2, 0.25) is 0 Å². The van der Waals surface area contributed by atoms with Gasteiger partial charge in [-0.2, -0.15) is 0 Å². The zero-order valence-electron chi connectivity index (χ0n) is 14.0. The van der Waals surface area contributed by atoms with Crippen molar-refractivity contribution in [1.29, 1.82) is 0 Å². The molecule has 1 atom stereocenters. The summed E-state index contributed by atoms with van der Waals surface area (Å²) in [6.07, 6.45) is 1.53. The largest absolute Gasteiger partial charge is 0.482 e. The Morgan fingerprint density at radius 1 is 1.17 bits per heavy atom. The van der Waals surface area contributed by atoms with Crippen LogP contribution in [0.2, 0.25) is 0 Å². The zero-order valence-corrected chi connectivity index (χ0v) is 14.0. The van der Waals surface area contributed by atoms with E-state index in [1.54, 1.807) is 19.1 Å². The maximum absolute atomic E-state index is 11.7. The molecule has 128 valence electrons. The quantitative estimate of drug-likeness (QED) is 0.789. The van der Waals surface area contributed by atoms with Crippen molar-refractivity contribution in [3.8, 4) is 5.75 Å². The molecule has 6 heteroatoms. The molecule has 1 N–H and O–H groups in total. The van der Waals surface area contributed by atoms with E-state index in [-0.39, 0.29) is 19.3 Å². The summed E-state index contributed by atoms with van der Waals surface area (Å²) in [5.41, 5.74) is 2.09. The molecule has 1 aromatic heterocycles. The highest BCUT2D eigenvalue weighted by Gasteiger charge is 2.14. The number of amides is 1. The summed E-state index contributed by atoms with van der Waals surface area (Å²) >= 11 is 0. The van der Waals surface area contributed by atoms with Crippen molar-refractivity contribution in [2.75, 3.05) is 13.2 Å². The van der Waals surface area contributed by atoms with Gasteiger partial charge in [0, 0.05) is 0 Å². The minimum Gasteiger partial charge on any atom is -0.482 e. The highest BCUT2D eigenvalue weighted by molar-refractivity contribution is 5.81. The van der Waals surface area contributed by atoms with Crippen molar-refractivity contribution in [2.24, 2.45) is 0 Å². The fourth-order valence-electron chi connectivity index (χ4n) is 2.24. The van der Waals surface area contributed by atoms with Crippen LogP contribution >= 0.6 is 0 Å². The van der Waals surface area contributed by atoms with Crippen molar-refractivity contribution in [3.05, 3.63) is 53.5 Å². The van der Waals surface area contributed by atoms with E-state index in [9.17, 15) is 9.59 Å². The third-order valence-electron chi connectivity index (χ3n) is 3.26. The Morgan fingerprint density at radius 3 is 2.50 bits per heavy atom. The minimum atomic E-state index is -0.602. The van der Waals surface area contributed by atoms with Crippen LogP contribution in [0.5, 0.6) is 5.75 Å². The van der Waals surface area contributed by atoms with Gasteiger partial charge in [0.25, 0.3) is 5.91 Å². The van der Waals surface area contributed by atoms with Gasteiger partial charge in [0.15, 0.2) is 13.2 Å². The normalized spacial score (nSPS) is 11.6. The monoisotopic (exact) mass is 331 g/mol. The number of benzene rings is 1. The molecule has 6 nitrogen and oxygen atoms in total. The first-order chi connectivity index (χ1) is 11.4. The first-order valence-electron chi connectivity index (χ1n) is 7.63. The maximum Gasteiger partial charge on any atom is 0.344 e. The van der Waals surface area contributed by atoms with Crippen LogP contribution in [0.1, 0.15) is 29.9 Å². The molecule has 0 saturated carbocycles. The van der Waals surface area contributed by atoms with Gasteiger partial charge in [-0.1, -0.05) is 6.07 Å². The second-order valence-electron chi connectivity index (χ2n) is 5.58. The molecule has 0 aliphatic heterocycles. The number of hydrogen-bond acceptors (Lipinski definition) is 5. The molecular weight excluding hydrogens is 310 g/mol. The fourth-order valence-corrected chi connectivity index (χ4v) is 2.24. The Morgan fingerprint density at radius 2 is 1.88 bits per heavy atom. The van der Waals surface area contributed by atoms with E-state index in [1.807, 2.05) is 32.0 Å². The van der Waals surface area contributed by atoms with Crippen LogP contribution in [0.3, 0.4) is 0 Å². The van der Waals surface area contributed by atoms with Gasteiger partial charge in [-0.3, -0.25) is 4.79 Å². The molecule has 0 aliphatic rings. The number of hydrogen-bond donors (Lipinski definition) is 1. The number of ether oxygens (including phenoxy) is 2. The highest BCUT2D eigenvalue weighted by atomic mass is 16.6. The van der Waals surface area contributed by atoms with Crippen LogP contribution in [0.15, 0.2) is 41.0 Å². The first-order valence-corrected chi connectivity index (χ1v) is 7.63. The molecule has 2 rings (SSSR count). The molecular formula is C18H21NO5. The van der Waals surface area contributed by atoms with Crippen molar-refractivity contribution in [2.45, 2.75) is 26.8 Å². The molecule has 0 aliphatic carbocycles. The molecule has 1 aromatic carbocycles. The van der Waals surface area contributed by atoms with Crippen LogP contribution in [-0.4, -0.2) is 25.1 Å². The van der Waals surface area contributed by atoms with Crippen LogP contribution in [0.4, 0.5) is 0 Å². The summed E-state index contributed by atoms with van der Waals surface area (Å²) in [5.74, 6) is 0.224. The first kappa shape index (κ1) is 17.6. The van der Waals surface area contributed by atoms with Crippen molar-refractivity contribution in [1.82, 2.24) is 5.32 Å². The zero-order chi connectivity index (χ0) is 17.5. The van der Waals surface area contributed by atoms with Crippen LogP contribution in [-0.2, 0) is 14.3 Å². The summed E-state index contributed by atoms with van der Waals surface area (Å²) in [5, 5.41) is 2.68. The molecule has 0 bridgehead atoms. The molecule has 1 amide bonds. The molecule has 0 radical (unpaired) electrons. The Balaban J connectivity index is 1.71. The molecule has 24 heavy (non-hydrogen) atoms. The SMILES string of the molecule is Cc1cc(C)cc(OCC(=O)OCC(=O)N[C@H](C)c2ccco2)c1. The van der Waals surface area contributed by atoms with Gasteiger partial charge >= 0.3 is 5.97 Å². The summed E-state index contributed by atoms with van der Waals surface area (Å²) in [7, 11) is 0. The molecule has 0 unspecified atom stereocenters. The van der Waals surface area contributed by atoms with E-state index >= 15 is 0 Å².